The van der Waals surface area contributed by atoms with Crippen LogP contribution >= 0.6 is 23.2 Å². The molecular weight excluding hydrogens is 349 g/mol. The number of halogens is 2. The van der Waals surface area contributed by atoms with E-state index in [1.54, 1.807) is 18.2 Å². The molecule has 0 fully saturated rings. The Morgan fingerprint density at radius 1 is 1.21 bits per heavy atom. The van der Waals surface area contributed by atoms with Crippen LogP contribution in [0.4, 0.5) is 11.5 Å². The van der Waals surface area contributed by atoms with Gasteiger partial charge in [0.15, 0.2) is 11.5 Å². The van der Waals surface area contributed by atoms with Gasteiger partial charge in [-0.25, -0.2) is 0 Å². The van der Waals surface area contributed by atoms with E-state index in [4.69, 9.17) is 28.9 Å². The van der Waals surface area contributed by atoms with Crippen molar-refractivity contribution in [2.75, 3.05) is 11.1 Å². The fourth-order valence-corrected chi connectivity index (χ4v) is 2.51. The van der Waals surface area contributed by atoms with Crippen LogP contribution in [0.2, 0.25) is 10.0 Å². The zero-order chi connectivity index (χ0) is 17.3. The van der Waals surface area contributed by atoms with Gasteiger partial charge in [0.25, 0.3) is 5.91 Å². The molecule has 0 aliphatic rings. The van der Waals surface area contributed by atoms with Crippen LogP contribution in [0, 0.1) is 6.92 Å². The molecule has 0 aliphatic carbocycles. The fraction of sp³-hybridized carbons (Fsp3) is 0.0625. The third-order valence-corrected chi connectivity index (χ3v) is 3.91. The molecule has 1 heterocycles. The number of carbonyl (C=O) groups excluding carboxylic acids is 1. The maximum atomic E-state index is 12.4. The molecule has 3 N–H and O–H groups in total. The lowest BCUT2D eigenvalue weighted by Gasteiger charge is -2.07. The van der Waals surface area contributed by atoms with Gasteiger partial charge >= 0.3 is 0 Å². The van der Waals surface area contributed by atoms with Gasteiger partial charge in [0.1, 0.15) is 0 Å². The molecule has 2 aromatic carbocycles. The number of nitrogens with zero attached hydrogens (tertiary/aromatic N) is 3. The summed E-state index contributed by atoms with van der Waals surface area (Å²) in [6.07, 6.45) is 0. The van der Waals surface area contributed by atoms with Crippen LogP contribution in [0.3, 0.4) is 0 Å². The van der Waals surface area contributed by atoms with Crippen molar-refractivity contribution in [3.05, 3.63) is 63.8 Å². The molecule has 1 aromatic heterocycles. The summed E-state index contributed by atoms with van der Waals surface area (Å²) in [6, 6.07) is 12.3. The van der Waals surface area contributed by atoms with Crippen LogP contribution in [0.15, 0.2) is 42.5 Å². The van der Waals surface area contributed by atoms with Crippen LogP contribution in [0.5, 0.6) is 0 Å². The molecule has 0 bridgehead atoms. The minimum Gasteiger partial charge on any atom is -0.382 e. The molecule has 24 heavy (non-hydrogen) atoms. The number of nitrogens with one attached hydrogen (secondary N) is 1. The average Bonchev–Trinajstić information content (AvgIpc) is 2.92. The highest BCUT2D eigenvalue weighted by Gasteiger charge is 2.19. The number of aromatic nitrogens is 3. The summed E-state index contributed by atoms with van der Waals surface area (Å²) < 4.78 is 1.40. The van der Waals surface area contributed by atoms with Gasteiger partial charge in [-0.05, 0) is 42.8 Å². The van der Waals surface area contributed by atoms with Gasteiger partial charge in [-0.2, -0.15) is 4.68 Å². The van der Waals surface area contributed by atoms with E-state index in [1.165, 1.54) is 4.68 Å². The van der Waals surface area contributed by atoms with E-state index >= 15 is 0 Å². The number of aryl methyl sites for hydroxylation is 1. The highest BCUT2D eigenvalue weighted by Crippen LogP contribution is 2.26. The number of nitrogens with two attached hydrogens (primary N) is 1. The van der Waals surface area contributed by atoms with Crippen molar-refractivity contribution >= 4 is 40.6 Å². The molecule has 3 rings (SSSR count). The molecule has 0 saturated heterocycles. The number of hydrogen-bond donors (Lipinski definition) is 2. The lowest BCUT2D eigenvalue weighted by Crippen LogP contribution is -2.15. The van der Waals surface area contributed by atoms with Gasteiger partial charge in [-0.15, -0.1) is 5.10 Å². The highest BCUT2D eigenvalue weighted by molar-refractivity contribution is 6.35. The highest BCUT2D eigenvalue weighted by atomic mass is 35.5. The lowest BCUT2D eigenvalue weighted by atomic mass is 10.2. The van der Waals surface area contributed by atoms with Gasteiger partial charge in [-0.1, -0.05) is 40.5 Å². The average molecular weight is 362 g/mol. The number of anilines is 2. The van der Waals surface area contributed by atoms with Crippen molar-refractivity contribution < 1.29 is 4.79 Å². The second-order valence-electron chi connectivity index (χ2n) is 5.15. The first kappa shape index (κ1) is 16.3. The number of amides is 1. The Balaban J connectivity index is 1.90. The molecule has 0 spiro atoms. The van der Waals surface area contributed by atoms with E-state index in [0.717, 1.165) is 11.3 Å². The Bertz CT molecular complexity index is 923. The van der Waals surface area contributed by atoms with Gasteiger partial charge in [-0.3, -0.25) is 4.79 Å². The van der Waals surface area contributed by atoms with Gasteiger partial charge in [0, 0.05) is 5.02 Å². The maximum absolute atomic E-state index is 12.4. The first-order valence-electron chi connectivity index (χ1n) is 7.00. The summed E-state index contributed by atoms with van der Waals surface area (Å²) >= 11 is 12.0. The van der Waals surface area contributed by atoms with E-state index in [1.807, 2.05) is 31.2 Å². The summed E-state index contributed by atoms with van der Waals surface area (Å²) in [5.74, 6) is -0.383. The molecule has 0 aliphatic heterocycles. The second kappa shape index (κ2) is 6.51. The van der Waals surface area contributed by atoms with Crippen molar-refractivity contribution in [1.82, 2.24) is 15.0 Å². The molecule has 122 valence electrons. The van der Waals surface area contributed by atoms with Crippen molar-refractivity contribution in [3.63, 3.8) is 0 Å². The molecule has 1 amide bonds. The minimum atomic E-state index is -0.518. The molecule has 0 unspecified atom stereocenters. The molecule has 3 aromatic rings. The zero-order valence-electron chi connectivity index (χ0n) is 12.6. The topological polar surface area (TPSA) is 85.8 Å². The largest absolute Gasteiger partial charge is 0.382 e. The predicted molar refractivity (Wildman–Crippen MR) is 94.9 cm³/mol. The standard InChI is InChI=1S/C16H13Cl2N5O/c1-9-3-2-4-11(7-9)23-15(19)14(21-22-23)16(24)20-13-8-10(17)5-6-12(13)18/h2-8H,19H2,1H3,(H,20,24). The SMILES string of the molecule is Cc1cccc(-n2nnc(C(=O)Nc3cc(Cl)ccc3Cl)c2N)c1. The van der Waals surface area contributed by atoms with E-state index in [-0.39, 0.29) is 11.5 Å². The number of benzene rings is 2. The van der Waals surface area contributed by atoms with E-state index < -0.39 is 5.91 Å². The summed E-state index contributed by atoms with van der Waals surface area (Å²) in [5.41, 5.74) is 8.17. The predicted octanol–water partition coefficient (Wildman–Crippen LogP) is 3.72. The summed E-state index contributed by atoms with van der Waals surface area (Å²) in [6.45, 7) is 1.95. The second-order valence-corrected chi connectivity index (χ2v) is 6.00. The van der Waals surface area contributed by atoms with Gasteiger partial charge < -0.3 is 11.1 Å². The van der Waals surface area contributed by atoms with E-state index in [9.17, 15) is 4.79 Å². The number of nitrogen functional groups attached to an aromatic ring is 1. The first-order valence-corrected chi connectivity index (χ1v) is 7.76. The molecule has 0 atom stereocenters. The van der Waals surface area contributed by atoms with Crippen LogP contribution in [-0.2, 0) is 0 Å². The zero-order valence-corrected chi connectivity index (χ0v) is 14.1. The summed E-state index contributed by atoms with van der Waals surface area (Å²) in [7, 11) is 0. The summed E-state index contributed by atoms with van der Waals surface area (Å²) in [4.78, 5) is 12.4. The minimum absolute atomic E-state index is 0.00699. The van der Waals surface area contributed by atoms with Crippen molar-refractivity contribution in [1.29, 1.82) is 0 Å². The summed E-state index contributed by atoms with van der Waals surface area (Å²) in [5, 5.41) is 11.3. The van der Waals surface area contributed by atoms with Crippen LogP contribution < -0.4 is 11.1 Å². The Labute approximate surface area is 148 Å². The Morgan fingerprint density at radius 2 is 2.00 bits per heavy atom. The van der Waals surface area contributed by atoms with E-state index in [2.05, 4.69) is 15.6 Å². The van der Waals surface area contributed by atoms with Crippen molar-refractivity contribution in [2.24, 2.45) is 0 Å². The molecular formula is C16H13Cl2N5O. The molecule has 6 nitrogen and oxygen atoms in total. The van der Waals surface area contributed by atoms with Crippen LogP contribution in [0.25, 0.3) is 5.69 Å². The number of carbonyl (C=O) groups is 1. The Kier molecular flexibility index (Phi) is 4.42. The first-order chi connectivity index (χ1) is 11.5. The van der Waals surface area contributed by atoms with Crippen molar-refractivity contribution in [3.8, 4) is 5.69 Å². The van der Waals surface area contributed by atoms with Crippen LogP contribution in [0.1, 0.15) is 16.1 Å². The fourth-order valence-electron chi connectivity index (χ4n) is 2.18. The number of hydrogen-bond acceptors (Lipinski definition) is 4. The monoisotopic (exact) mass is 361 g/mol. The van der Waals surface area contributed by atoms with Gasteiger partial charge in [0.2, 0.25) is 0 Å². The number of rotatable bonds is 3. The Morgan fingerprint density at radius 3 is 2.75 bits per heavy atom. The molecule has 0 radical (unpaired) electrons. The third-order valence-electron chi connectivity index (χ3n) is 3.34. The van der Waals surface area contributed by atoms with E-state index in [0.29, 0.717) is 15.7 Å². The van der Waals surface area contributed by atoms with Gasteiger partial charge in [0.05, 0.1) is 16.4 Å². The maximum Gasteiger partial charge on any atom is 0.280 e. The van der Waals surface area contributed by atoms with Crippen molar-refractivity contribution in [2.45, 2.75) is 6.92 Å². The normalized spacial score (nSPS) is 10.6. The lowest BCUT2D eigenvalue weighted by molar-refractivity contribution is 0.102. The Hall–Kier alpha value is -2.57. The quantitative estimate of drug-likeness (QED) is 0.744. The molecule has 8 heteroatoms. The third kappa shape index (κ3) is 3.20. The smallest absolute Gasteiger partial charge is 0.280 e. The van der Waals surface area contributed by atoms with Crippen LogP contribution in [-0.4, -0.2) is 20.9 Å². The molecule has 0 saturated carbocycles.